The Kier molecular flexibility index (Phi) is 4.79. The standard InChI is InChI=1S/C13H9N5O3S/c14-7-9(8-16-13-15-5-6-22-13)12(19)17-10-3-1-2-4-11(10)18(20)21/h1-6,8H,(H,15,16)(H,17,19)/b9-8-. The van der Waals surface area contributed by atoms with Crippen LogP contribution in [-0.2, 0) is 4.79 Å². The average Bonchev–Trinajstić information content (AvgIpc) is 3.01. The first-order chi connectivity index (χ1) is 10.6. The molecule has 8 nitrogen and oxygen atoms in total. The lowest BCUT2D eigenvalue weighted by molar-refractivity contribution is -0.383. The molecule has 1 aromatic carbocycles. The Morgan fingerprint density at radius 1 is 1.45 bits per heavy atom. The third-order valence-corrected chi connectivity index (χ3v) is 3.19. The van der Waals surface area contributed by atoms with E-state index in [1.54, 1.807) is 23.7 Å². The van der Waals surface area contributed by atoms with Gasteiger partial charge in [-0.25, -0.2) is 4.98 Å². The number of nitro benzene ring substituents is 1. The van der Waals surface area contributed by atoms with Crippen molar-refractivity contribution < 1.29 is 9.72 Å². The molecular formula is C13H9N5O3S. The van der Waals surface area contributed by atoms with Gasteiger partial charge in [0.05, 0.1) is 4.92 Å². The molecule has 0 saturated heterocycles. The van der Waals surface area contributed by atoms with Crippen LogP contribution in [0.1, 0.15) is 0 Å². The minimum absolute atomic E-state index is 0.0212. The van der Waals surface area contributed by atoms with Gasteiger partial charge in [0.15, 0.2) is 5.13 Å². The van der Waals surface area contributed by atoms with E-state index in [0.29, 0.717) is 5.13 Å². The second-order valence-electron chi connectivity index (χ2n) is 3.88. The highest BCUT2D eigenvalue weighted by atomic mass is 32.1. The Morgan fingerprint density at radius 2 is 2.23 bits per heavy atom. The molecule has 0 radical (unpaired) electrons. The van der Waals surface area contributed by atoms with Crippen LogP contribution < -0.4 is 10.6 Å². The number of rotatable bonds is 5. The molecule has 0 fully saturated rings. The molecule has 2 aromatic rings. The van der Waals surface area contributed by atoms with Crippen LogP contribution >= 0.6 is 11.3 Å². The highest BCUT2D eigenvalue weighted by Gasteiger charge is 2.17. The number of nitro groups is 1. The van der Waals surface area contributed by atoms with Gasteiger partial charge in [0.25, 0.3) is 11.6 Å². The van der Waals surface area contributed by atoms with E-state index in [-0.39, 0.29) is 16.9 Å². The van der Waals surface area contributed by atoms with E-state index in [4.69, 9.17) is 5.26 Å². The van der Waals surface area contributed by atoms with Crippen molar-refractivity contribution in [3.63, 3.8) is 0 Å². The van der Waals surface area contributed by atoms with Crippen molar-refractivity contribution in [1.82, 2.24) is 4.98 Å². The van der Waals surface area contributed by atoms with Crippen LogP contribution in [0.3, 0.4) is 0 Å². The van der Waals surface area contributed by atoms with Gasteiger partial charge in [-0.15, -0.1) is 11.3 Å². The average molecular weight is 315 g/mol. The van der Waals surface area contributed by atoms with Crippen LogP contribution in [0.5, 0.6) is 0 Å². The summed E-state index contributed by atoms with van der Waals surface area (Å²) in [6.45, 7) is 0. The predicted molar refractivity (Wildman–Crippen MR) is 81.2 cm³/mol. The van der Waals surface area contributed by atoms with Crippen molar-refractivity contribution in [3.05, 3.63) is 57.7 Å². The lowest BCUT2D eigenvalue weighted by Gasteiger charge is -2.05. The number of nitrogens with one attached hydrogen (secondary N) is 2. The van der Waals surface area contributed by atoms with Crippen LogP contribution in [0.25, 0.3) is 0 Å². The molecule has 9 heteroatoms. The summed E-state index contributed by atoms with van der Waals surface area (Å²) in [7, 11) is 0. The van der Waals surface area contributed by atoms with E-state index >= 15 is 0 Å². The molecule has 1 aromatic heterocycles. The Labute approximate surface area is 128 Å². The van der Waals surface area contributed by atoms with Crippen LogP contribution in [0.4, 0.5) is 16.5 Å². The number of thiazole rings is 1. The third-order valence-electron chi connectivity index (χ3n) is 2.49. The molecule has 0 aliphatic heterocycles. The minimum Gasteiger partial charge on any atom is -0.337 e. The first-order valence-electron chi connectivity index (χ1n) is 5.93. The van der Waals surface area contributed by atoms with Gasteiger partial charge in [-0.05, 0) is 6.07 Å². The first kappa shape index (κ1) is 15.1. The quantitative estimate of drug-likeness (QED) is 0.378. The van der Waals surface area contributed by atoms with Gasteiger partial charge in [0.2, 0.25) is 0 Å². The monoisotopic (exact) mass is 315 g/mol. The molecule has 0 unspecified atom stereocenters. The van der Waals surface area contributed by atoms with E-state index in [2.05, 4.69) is 15.6 Å². The first-order valence-corrected chi connectivity index (χ1v) is 6.81. The molecule has 110 valence electrons. The number of benzene rings is 1. The molecule has 0 aliphatic rings. The van der Waals surface area contributed by atoms with Gasteiger partial charge in [-0.2, -0.15) is 5.26 Å². The normalized spacial score (nSPS) is 10.6. The number of amides is 1. The van der Waals surface area contributed by atoms with Gasteiger partial charge in [0.1, 0.15) is 17.3 Å². The summed E-state index contributed by atoms with van der Waals surface area (Å²) in [6.07, 6.45) is 2.77. The SMILES string of the molecule is N#C/C(=C/Nc1nccs1)C(=O)Nc1ccccc1[N+](=O)[O-]. The topological polar surface area (TPSA) is 121 Å². The third kappa shape index (κ3) is 3.65. The zero-order valence-corrected chi connectivity index (χ0v) is 11.8. The van der Waals surface area contributed by atoms with Gasteiger partial charge in [0, 0.05) is 23.8 Å². The summed E-state index contributed by atoms with van der Waals surface area (Å²) in [5.74, 6) is -0.749. The fourth-order valence-electron chi connectivity index (χ4n) is 1.51. The van der Waals surface area contributed by atoms with Crippen molar-refractivity contribution in [1.29, 1.82) is 5.26 Å². The summed E-state index contributed by atoms with van der Waals surface area (Å²) in [5, 5.41) is 27.2. The molecule has 1 heterocycles. The van der Waals surface area contributed by atoms with E-state index in [1.807, 2.05) is 0 Å². The van der Waals surface area contributed by atoms with Gasteiger partial charge in [-0.1, -0.05) is 12.1 Å². The molecule has 2 N–H and O–H groups in total. The Bertz CT molecular complexity index is 764. The summed E-state index contributed by atoms with van der Waals surface area (Å²) in [5.41, 5.74) is -0.456. The smallest absolute Gasteiger partial charge is 0.292 e. The van der Waals surface area contributed by atoms with E-state index in [0.717, 1.165) is 0 Å². The zero-order valence-electron chi connectivity index (χ0n) is 11.0. The van der Waals surface area contributed by atoms with Crippen LogP contribution in [0.15, 0.2) is 47.6 Å². The number of aromatic nitrogens is 1. The maximum absolute atomic E-state index is 12.0. The molecule has 0 atom stereocenters. The molecule has 0 spiro atoms. The number of nitriles is 1. The number of hydrogen-bond acceptors (Lipinski definition) is 7. The summed E-state index contributed by atoms with van der Waals surface area (Å²) in [6, 6.07) is 7.41. The lowest BCUT2D eigenvalue weighted by atomic mass is 10.2. The molecule has 0 bridgehead atoms. The number of anilines is 2. The summed E-state index contributed by atoms with van der Waals surface area (Å²) >= 11 is 1.30. The van der Waals surface area contributed by atoms with Crippen molar-refractivity contribution in [3.8, 4) is 6.07 Å². The summed E-state index contributed by atoms with van der Waals surface area (Å²) in [4.78, 5) is 26.2. The van der Waals surface area contributed by atoms with E-state index in [9.17, 15) is 14.9 Å². The fraction of sp³-hybridized carbons (Fsp3) is 0. The number of hydrogen-bond donors (Lipinski definition) is 2. The van der Waals surface area contributed by atoms with Crippen LogP contribution in [0, 0.1) is 21.4 Å². The van der Waals surface area contributed by atoms with E-state index in [1.165, 1.54) is 35.7 Å². The van der Waals surface area contributed by atoms with Crippen LogP contribution in [-0.4, -0.2) is 15.8 Å². The maximum atomic E-state index is 12.0. The molecule has 22 heavy (non-hydrogen) atoms. The largest absolute Gasteiger partial charge is 0.337 e. The van der Waals surface area contributed by atoms with Crippen molar-refractivity contribution >= 4 is 33.8 Å². The fourth-order valence-corrected chi connectivity index (χ4v) is 2.00. The minimum atomic E-state index is -0.749. The number of para-hydroxylation sites is 2. The number of carbonyl (C=O) groups excluding carboxylic acids is 1. The van der Waals surface area contributed by atoms with Crippen molar-refractivity contribution in [2.45, 2.75) is 0 Å². The van der Waals surface area contributed by atoms with E-state index < -0.39 is 10.8 Å². The molecule has 1 amide bonds. The Hall–Kier alpha value is -3.25. The second-order valence-corrected chi connectivity index (χ2v) is 4.77. The van der Waals surface area contributed by atoms with Gasteiger partial charge >= 0.3 is 0 Å². The van der Waals surface area contributed by atoms with Crippen molar-refractivity contribution in [2.24, 2.45) is 0 Å². The Morgan fingerprint density at radius 3 is 2.86 bits per heavy atom. The summed E-state index contributed by atoms with van der Waals surface area (Å²) < 4.78 is 0. The van der Waals surface area contributed by atoms with Crippen molar-refractivity contribution in [2.75, 3.05) is 10.6 Å². The zero-order chi connectivity index (χ0) is 15.9. The second kappa shape index (κ2) is 6.96. The molecular weight excluding hydrogens is 306 g/mol. The van der Waals surface area contributed by atoms with Crippen LogP contribution in [0.2, 0.25) is 0 Å². The number of nitrogens with zero attached hydrogens (tertiary/aromatic N) is 3. The molecule has 0 aliphatic carbocycles. The maximum Gasteiger partial charge on any atom is 0.292 e. The molecule has 0 saturated carbocycles. The van der Waals surface area contributed by atoms with Gasteiger partial charge < -0.3 is 10.6 Å². The predicted octanol–water partition coefficient (Wildman–Crippen LogP) is 2.51. The number of carbonyl (C=O) groups is 1. The van der Waals surface area contributed by atoms with Gasteiger partial charge in [-0.3, -0.25) is 14.9 Å². The highest BCUT2D eigenvalue weighted by molar-refractivity contribution is 7.13. The lowest BCUT2D eigenvalue weighted by Crippen LogP contribution is -2.15. The highest BCUT2D eigenvalue weighted by Crippen LogP contribution is 2.23. The Balaban J connectivity index is 2.15. The molecule has 2 rings (SSSR count).